The molecule has 0 saturated carbocycles. The first-order valence-electron chi connectivity index (χ1n) is 14.3. The maximum Gasteiger partial charge on any atom is 0.412 e. The van der Waals surface area contributed by atoms with Gasteiger partial charge in [0.25, 0.3) is 0 Å². The van der Waals surface area contributed by atoms with Gasteiger partial charge in [0.2, 0.25) is 0 Å². The Balaban J connectivity index is 1.31. The first kappa shape index (κ1) is 27.2. The van der Waals surface area contributed by atoms with Crippen LogP contribution in [0.3, 0.4) is 0 Å². The summed E-state index contributed by atoms with van der Waals surface area (Å²) in [6, 6.07) is 12.4. The summed E-state index contributed by atoms with van der Waals surface area (Å²) < 4.78 is 15.6. The van der Waals surface area contributed by atoms with Gasteiger partial charge in [0.05, 0.1) is 17.3 Å². The second kappa shape index (κ2) is 11.1. The number of hydrogen-bond donors (Lipinski definition) is 2. The Morgan fingerprint density at radius 3 is 2.32 bits per heavy atom. The van der Waals surface area contributed by atoms with Gasteiger partial charge in [-0.25, -0.2) is 19.1 Å². The second-order valence-corrected chi connectivity index (χ2v) is 11.4. The van der Waals surface area contributed by atoms with E-state index in [0.29, 0.717) is 23.9 Å². The van der Waals surface area contributed by atoms with E-state index >= 15 is 0 Å². The molecule has 11 heteroatoms. The lowest BCUT2D eigenvalue weighted by Gasteiger charge is -2.36. The lowest BCUT2D eigenvalue weighted by atomic mass is 9.96. The lowest BCUT2D eigenvalue weighted by molar-refractivity contribution is -0.0387. The third kappa shape index (κ3) is 5.51. The largest absolute Gasteiger partial charge is 0.508 e. The second-order valence-electron chi connectivity index (χ2n) is 11.4. The Morgan fingerprint density at radius 1 is 1.00 bits per heavy atom. The molecule has 2 fully saturated rings. The van der Waals surface area contributed by atoms with Crippen molar-refractivity contribution in [3.8, 4) is 17.1 Å². The zero-order chi connectivity index (χ0) is 28.6. The van der Waals surface area contributed by atoms with Gasteiger partial charge >= 0.3 is 6.09 Å². The molecule has 0 bridgehead atoms. The minimum absolute atomic E-state index is 0.101. The van der Waals surface area contributed by atoms with E-state index in [1.807, 2.05) is 36.7 Å². The number of aromatic nitrogens is 5. The highest BCUT2D eigenvalue weighted by Gasteiger charge is 2.35. The van der Waals surface area contributed by atoms with Crippen molar-refractivity contribution in [2.75, 3.05) is 18.1 Å². The van der Waals surface area contributed by atoms with Crippen molar-refractivity contribution in [2.24, 2.45) is 0 Å². The number of fused-ring (bicyclic) bond motifs is 1. The van der Waals surface area contributed by atoms with Crippen LogP contribution < -0.4 is 4.90 Å². The molecule has 2 saturated heterocycles. The molecule has 216 valence electrons. The fraction of sp³-hybridized carbons (Fsp3) is 0.467. The minimum atomic E-state index is -1.06. The van der Waals surface area contributed by atoms with Gasteiger partial charge in [0.1, 0.15) is 5.75 Å². The first-order valence-corrected chi connectivity index (χ1v) is 14.3. The number of carbonyl (C=O) groups is 1. The van der Waals surface area contributed by atoms with Gasteiger partial charge in [0, 0.05) is 36.3 Å². The summed E-state index contributed by atoms with van der Waals surface area (Å²) >= 11 is 0. The van der Waals surface area contributed by atoms with Crippen LogP contribution in [0.2, 0.25) is 0 Å². The minimum Gasteiger partial charge on any atom is -0.508 e. The van der Waals surface area contributed by atoms with E-state index < -0.39 is 11.6 Å². The average Bonchev–Trinajstić information content (AvgIpc) is 3.58. The topological polar surface area (TPSA) is 128 Å². The lowest BCUT2D eigenvalue weighted by Crippen LogP contribution is -2.49. The average molecular weight is 561 g/mol. The fourth-order valence-corrected chi connectivity index (χ4v) is 5.88. The Bertz CT molecular complexity index is 1520. The number of phenols is 1. The predicted molar refractivity (Wildman–Crippen MR) is 153 cm³/mol. The molecule has 6 rings (SSSR count). The molecule has 1 amide bonds. The number of amides is 1. The molecule has 0 aliphatic carbocycles. The van der Waals surface area contributed by atoms with Crippen LogP contribution in [-0.2, 0) is 15.9 Å². The van der Waals surface area contributed by atoms with Gasteiger partial charge in [-0.2, -0.15) is 10.2 Å². The number of nitrogens with zero attached hydrogens (tertiary/aromatic N) is 6. The third-order valence-corrected chi connectivity index (χ3v) is 7.88. The first-order chi connectivity index (χ1) is 19.8. The maximum absolute atomic E-state index is 12.7. The quantitative estimate of drug-likeness (QED) is 0.286. The van der Waals surface area contributed by atoms with Crippen LogP contribution in [0.5, 0.6) is 5.75 Å². The third-order valence-electron chi connectivity index (χ3n) is 7.88. The van der Waals surface area contributed by atoms with Crippen molar-refractivity contribution < 1.29 is 24.5 Å². The molecule has 2 N–H and O–H groups in total. The van der Waals surface area contributed by atoms with Crippen molar-refractivity contribution in [1.82, 2.24) is 24.5 Å². The molecule has 2 aliphatic heterocycles. The van der Waals surface area contributed by atoms with Crippen molar-refractivity contribution in [3.05, 3.63) is 54.5 Å². The van der Waals surface area contributed by atoms with Crippen LogP contribution in [0.1, 0.15) is 70.7 Å². The summed E-state index contributed by atoms with van der Waals surface area (Å²) in [4.78, 5) is 18.9. The molecule has 2 aromatic heterocycles. The molecule has 2 unspecified atom stereocenters. The Labute approximate surface area is 238 Å². The summed E-state index contributed by atoms with van der Waals surface area (Å²) in [6.07, 6.45) is 6.53. The molecule has 11 nitrogen and oxygen atoms in total. The van der Waals surface area contributed by atoms with E-state index in [1.165, 1.54) is 4.90 Å². The number of rotatable bonds is 7. The molecule has 0 spiro atoms. The van der Waals surface area contributed by atoms with Gasteiger partial charge in [-0.1, -0.05) is 0 Å². The molecule has 2 aromatic carbocycles. The fourth-order valence-electron chi connectivity index (χ4n) is 5.88. The Morgan fingerprint density at radius 2 is 1.68 bits per heavy atom. The maximum atomic E-state index is 12.7. The Hall–Kier alpha value is -3.96. The van der Waals surface area contributed by atoms with Gasteiger partial charge in [0.15, 0.2) is 24.1 Å². The van der Waals surface area contributed by atoms with Crippen molar-refractivity contribution in [3.63, 3.8) is 0 Å². The molecule has 4 heterocycles. The summed E-state index contributed by atoms with van der Waals surface area (Å²) in [5.74, 6) is 1.31. The van der Waals surface area contributed by atoms with Crippen molar-refractivity contribution >= 4 is 22.7 Å². The standard InChI is InChI=1S/C30H36N6O5/c1-30(2,18-25-32-28(20-9-12-23(37)13-10-20)36(33-25)27-8-4-6-16-41-27)34(29(38)39)22-11-14-24-21(17-22)19-31-35(24)26-7-3-5-15-40-26/h9-14,17,19,26-27,37H,3-8,15-16,18H2,1-2H3,(H,38,39). The highest BCUT2D eigenvalue weighted by atomic mass is 16.5. The number of phenolic OH excluding ortho intramolecular Hbond substituents is 1. The Kier molecular flexibility index (Phi) is 7.39. The smallest absolute Gasteiger partial charge is 0.412 e. The highest BCUT2D eigenvalue weighted by Crippen LogP contribution is 2.34. The number of carboxylic acid groups (broad SMARTS) is 1. The van der Waals surface area contributed by atoms with E-state index in [1.54, 1.807) is 35.1 Å². The SMILES string of the molecule is CC(C)(Cc1nc(-c2ccc(O)cc2)n(C2CCCCO2)n1)N(C(=O)O)c1ccc2c(cnn2C2CCCCO2)c1. The molecule has 41 heavy (non-hydrogen) atoms. The molecule has 0 radical (unpaired) electrons. The van der Waals surface area contributed by atoms with E-state index in [2.05, 4.69) is 5.10 Å². The van der Waals surface area contributed by atoms with E-state index in [-0.39, 0.29) is 24.6 Å². The van der Waals surface area contributed by atoms with Crippen LogP contribution in [0.4, 0.5) is 10.5 Å². The summed E-state index contributed by atoms with van der Waals surface area (Å²) in [7, 11) is 0. The molecule has 2 atom stereocenters. The normalized spacial score (nSPS) is 19.9. The number of aromatic hydroxyl groups is 1. The number of benzene rings is 2. The zero-order valence-corrected chi connectivity index (χ0v) is 23.4. The number of anilines is 1. The summed E-state index contributed by atoms with van der Waals surface area (Å²) in [5, 5.41) is 30.4. The van der Waals surface area contributed by atoms with Gasteiger partial charge in [-0.3, -0.25) is 4.90 Å². The monoisotopic (exact) mass is 560 g/mol. The van der Waals surface area contributed by atoms with E-state index in [9.17, 15) is 15.0 Å². The summed E-state index contributed by atoms with van der Waals surface area (Å²) in [6.45, 7) is 5.13. The van der Waals surface area contributed by atoms with Crippen LogP contribution in [0.25, 0.3) is 22.3 Å². The number of ether oxygens (including phenoxy) is 2. The van der Waals surface area contributed by atoms with Gasteiger partial charge in [-0.15, -0.1) is 0 Å². The van der Waals surface area contributed by atoms with Crippen LogP contribution in [-0.4, -0.2) is 59.6 Å². The van der Waals surface area contributed by atoms with E-state index in [0.717, 1.165) is 61.6 Å². The van der Waals surface area contributed by atoms with Crippen molar-refractivity contribution in [2.45, 2.75) is 76.8 Å². The van der Waals surface area contributed by atoms with Crippen LogP contribution in [0.15, 0.2) is 48.7 Å². The van der Waals surface area contributed by atoms with Crippen molar-refractivity contribution in [1.29, 1.82) is 0 Å². The van der Waals surface area contributed by atoms with Crippen LogP contribution in [0, 0.1) is 0 Å². The molecular weight excluding hydrogens is 524 g/mol. The van der Waals surface area contributed by atoms with Gasteiger partial charge in [-0.05, 0) is 94.8 Å². The molecular formula is C30H36N6O5. The summed E-state index contributed by atoms with van der Waals surface area (Å²) in [5.41, 5.74) is 1.38. The van der Waals surface area contributed by atoms with E-state index in [4.69, 9.17) is 19.6 Å². The highest BCUT2D eigenvalue weighted by molar-refractivity contribution is 5.92. The van der Waals surface area contributed by atoms with Gasteiger partial charge < -0.3 is 19.7 Å². The zero-order valence-electron chi connectivity index (χ0n) is 23.4. The molecule has 4 aromatic rings. The van der Waals surface area contributed by atoms with Crippen LogP contribution >= 0.6 is 0 Å². The predicted octanol–water partition coefficient (Wildman–Crippen LogP) is 5.90. The number of hydrogen-bond acceptors (Lipinski definition) is 7. The molecule has 2 aliphatic rings.